The van der Waals surface area contributed by atoms with Crippen LogP contribution in [0.3, 0.4) is 0 Å². The van der Waals surface area contributed by atoms with Crippen LogP contribution in [-0.4, -0.2) is 147 Å². The summed E-state index contributed by atoms with van der Waals surface area (Å²) >= 11 is 0. The highest BCUT2D eigenvalue weighted by molar-refractivity contribution is 5.93. The van der Waals surface area contributed by atoms with Gasteiger partial charge in [0.2, 0.25) is 35.4 Å². The summed E-state index contributed by atoms with van der Waals surface area (Å²) in [7, 11) is 3.83. The highest BCUT2D eigenvalue weighted by Crippen LogP contribution is 2.39. The molecular weight excluding hydrogens is 984 g/mol. The van der Waals surface area contributed by atoms with E-state index in [1.807, 2.05) is 17.0 Å². The second-order valence-corrected chi connectivity index (χ2v) is 22.0. The van der Waals surface area contributed by atoms with Crippen molar-refractivity contribution in [1.29, 1.82) is 0 Å². The lowest BCUT2D eigenvalue weighted by molar-refractivity contribution is -0.137. The first kappa shape index (κ1) is 56.2. The number of aromatic nitrogens is 3. The van der Waals surface area contributed by atoms with Crippen molar-refractivity contribution in [3.63, 3.8) is 0 Å². The van der Waals surface area contributed by atoms with Crippen LogP contribution in [0.2, 0.25) is 0 Å². The van der Waals surface area contributed by atoms with Crippen molar-refractivity contribution in [2.45, 2.75) is 184 Å². The van der Waals surface area contributed by atoms with Crippen LogP contribution in [0, 0.1) is 11.8 Å². The Hall–Kier alpha value is -5.96. The number of carbonyl (C=O) groups excluding carboxylic acids is 6. The number of rotatable bonds is 20. The van der Waals surface area contributed by atoms with Crippen LogP contribution in [0.4, 0.5) is 19.0 Å². The molecule has 6 atom stereocenters. The van der Waals surface area contributed by atoms with E-state index < -0.39 is 17.8 Å². The maximum Gasteiger partial charge on any atom is 0.416 e. The van der Waals surface area contributed by atoms with Crippen molar-refractivity contribution in [2.24, 2.45) is 11.8 Å². The first-order chi connectivity index (χ1) is 36.4. The summed E-state index contributed by atoms with van der Waals surface area (Å²) in [5.74, 6) is -0.809. The third kappa shape index (κ3) is 14.3. The van der Waals surface area contributed by atoms with Gasteiger partial charge in [0.25, 0.3) is 0 Å². The molecule has 2 aliphatic heterocycles. The highest BCUT2D eigenvalue weighted by atomic mass is 19.4. The van der Waals surface area contributed by atoms with E-state index in [0.29, 0.717) is 76.5 Å². The molecule has 3 aliphatic carbocycles. The molecule has 0 bridgehead atoms. The Balaban J connectivity index is 0.711. The van der Waals surface area contributed by atoms with Crippen molar-refractivity contribution in [3.8, 4) is 0 Å². The maximum atomic E-state index is 14.1. The average Bonchev–Trinajstić information content (AvgIpc) is 3.91. The minimum atomic E-state index is -4.55. The monoisotopic (exact) mass is 1060 g/mol. The summed E-state index contributed by atoms with van der Waals surface area (Å²) in [6.07, 6.45) is 10.1. The summed E-state index contributed by atoms with van der Waals surface area (Å²) in [6.45, 7) is 5.37. The molecule has 76 heavy (non-hydrogen) atoms. The predicted octanol–water partition coefficient (Wildman–Crippen LogP) is 5.82. The van der Waals surface area contributed by atoms with Crippen molar-refractivity contribution >= 4 is 52.2 Å². The summed E-state index contributed by atoms with van der Waals surface area (Å²) < 4.78 is 47.0. The third-order valence-electron chi connectivity index (χ3n) is 16.7. The van der Waals surface area contributed by atoms with Crippen molar-refractivity contribution in [3.05, 3.63) is 60.2 Å². The second-order valence-electron chi connectivity index (χ2n) is 22.0. The van der Waals surface area contributed by atoms with E-state index in [1.54, 1.807) is 24.3 Å². The Kier molecular flexibility index (Phi) is 18.8. The van der Waals surface area contributed by atoms with Crippen molar-refractivity contribution < 1.29 is 46.7 Å². The number of nitrogens with one attached hydrogen (secondary N) is 5. The Labute approximate surface area is 443 Å². The van der Waals surface area contributed by atoms with Crippen LogP contribution in [0.15, 0.2) is 49.1 Å². The third-order valence-corrected chi connectivity index (χ3v) is 16.7. The summed E-state index contributed by atoms with van der Waals surface area (Å²) in [4.78, 5) is 97.5. The molecule has 18 nitrogen and oxygen atoms in total. The molecular formula is C55H76F3N11O7. The van der Waals surface area contributed by atoms with Gasteiger partial charge >= 0.3 is 6.18 Å². The topological polar surface area (TPSA) is 220 Å². The van der Waals surface area contributed by atoms with Crippen LogP contribution < -0.4 is 26.6 Å². The fourth-order valence-electron chi connectivity index (χ4n) is 12.2. The molecule has 3 saturated carbocycles. The molecule has 8 rings (SSSR count). The number of amides is 6. The quantitative estimate of drug-likeness (QED) is 0.0846. The smallest absolute Gasteiger partial charge is 0.378 e. The highest BCUT2D eigenvalue weighted by Gasteiger charge is 2.45. The van der Waals surface area contributed by atoms with Gasteiger partial charge in [-0.05, 0) is 134 Å². The number of fused-ring (bicyclic) bond motifs is 1. The lowest BCUT2D eigenvalue weighted by atomic mass is 9.82. The first-order valence-corrected chi connectivity index (χ1v) is 27.5. The molecule has 0 spiro atoms. The molecule has 1 aromatic carbocycles. The van der Waals surface area contributed by atoms with E-state index in [0.717, 1.165) is 49.8 Å². The van der Waals surface area contributed by atoms with Gasteiger partial charge in [0.15, 0.2) is 0 Å². The zero-order valence-corrected chi connectivity index (χ0v) is 44.3. The van der Waals surface area contributed by atoms with Crippen LogP contribution in [0.25, 0.3) is 10.9 Å². The van der Waals surface area contributed by atoms with E-state index in [-0.39, 0.29) is 133 Å². The number of hydrogen-bond donors (Lipinski definition) is 5. The summed E-state index contributed by atoms with van der Waals surface area (Å²) in [5.41, 5.74) is 0.403. The van der Waals surface area contributed by atoms with E-state index >= 15 is 0 Å². The van der Waals surface area contributed by atoms with Gasteiger partial charge in [-0.1, -0.05) is 6.07 Å². The molecule has 4 heterocycles. The number of halogens is 3. The van der Waals surface area contributed by atoms with E-state index in [9.17, 15) is 41.9 Å². The molecule has 6 amide bonds. The van der Waals surface area contributed by atoms with Crippen LogP contribution in [0.5, 0.6) is 0 Å². The Morgan fingerprint density at radius 3 is 2.29 bits per heavy atom. The van der Waals surface area contributed by atoms with Crippen LogP contribution in [-0.2, 0) is 39.7 Å². The number of likely N-dealkylation sites (tertiary alicyclic amines) is 2. The maximum absolute atomic E-state index is 14.1. The normalized spacial score (nSPS) is 27.2. The number of hydrogen-bond acceptors (Lipinski definition) is 12. The second kappa shape index (κ2) is 25.5. The van der Waals surface area contributed by atoms with Gasteiger partial charge in [0.1, 0.15) is 18.2 Å². The number of alkyl halides is 3. The molecule has 21 heteroatoms. The predicted molar refractivity (Wildman–Crippen MR) is 278 cm³/mol. The molecule has 5 fully saturated rings. The molecule has 5 aliphatic rings. The van der Waals surface area contributed by atoms with Gasteiger partial charge in [-0.2, -0.15) is 13.2 Å². The largest absolute Gasteiger partial charge is 0.416 e. The van der Waals surface area contributed by atoms with Gasteiger partial charge in [0.05, 0.1) is 35.3 Å². The van der Waals surface area contributed by atoms with Gasteiger partial charge in [-0.15, -0.1) is 0 Å². The van der Waals surface area contributed by atoms with Gasteiger partial charge < -0.3 is 46.0 Å². The van der Waals surface area contributed by atoms with Gasteiger partial charge in [-0.3, -0.25) is 33.8 Å². The fraction of sp³-hybridized carbons (Fsp3) is 0.655. The summed E-state index contributed by atoms with van der Waals surface area (Å²) in [5, 5.41) is 15.8. The van der Waals surface area contributed by atoms with Crippen molar-refractivity contribution in [2.75, 3.05) is 39.1 Å². The minimum absolute atomic E-state index is 0.00843. The summed E-state index contributed by atoms with van der Waals surface area (Å²) in [6, 6.07) is 6.05. The van der Waals surface area contributed by atoms with E-state index in [2.05, 4.69) is 67.3 Å². The van der Waals surface area contributed by atoms with Crippen LogP contribution in [0.1, 0.15) is 140 Å². The molecule has 3 aromatic rings. The molecule has 414 valence electrons. The van der Waals surface area contributed by atoms with Crippen LogP contribution >= 0.6 is 0 Å². The van der Waals surface area contributed by atoms with E-state index in [4.69, 9.17) is 4.74 Å². The van der Waals surface area contributed by atoms with Gasteiger partial charge in [0, 0.05) is 106 Å². The number of benzene rings is 1. The zero-order chi connectivity index (χ0) is 54.1. The molecule has 0 radical (unpaired) electrons. The Morgan fingerprint density at radius 2 is 1.59 bits per heavy atom. The van der Waals surface area contributed by atoms with Gasteiger partial charge in [-0.25, -0.2) is 9.97 Å². The number of ether oxygens (including phenoxy) is 1. The Morgan fingerprint density at radius 1 is 0.868 bits per heavy atom. The first-order valence-electron chi connectivity index (χ1n) is 27.5. The number of pyridine rings is 1. The SMILES string of the molecule is CC(C)N(C)[C@@H]1CC[C@H](N2CC[C@H](Nc3ncnc4ccc(C(F)(F)F)cc34)C2=O)[C@H](NC(=O)[C@H]2CC[C@@H](NC(=O)CCCO[C@H]3CC[C@H](NC(=O)CCNC(=O)C[C@@H]4CC(=O)N(C)[C@H]4c4cccnc4)CC3)CC2)C1. The van der Waals surface area contributed by atoms with E-state index in [1.165, 1.54) is 12.4 Å². The number of nitrogens with zero attached hydrogens (tertiary/aromatic N) is 6. The lowest BCUT2D eigenvalue weighted by Crippen LogP contribution is -2.59. The minimum Gasteiger partial charge on any atom is -0.378 e. The number of carbonyl (C=O) groups is 6. The van der Waals surface area contributed by atoms with Crippen molar-refractivity contribution in [1.82, 2.24) is 50.9 Å². The number of anilines is 1. The molecule has 2 saturated heterocycles. The molecule has 0 unspecified atom stereocenters. The Bertz CT molecular complexity index is 2510. The standard InChI is InChI=1S/C55H76F3N11O7/c1-33(2)67(3)40-16-20-46(69-25-22-44(54(69)75)65-52-42-29-37(55(56,57)58)11-19-43(42)61-32-62-52)45(30-40)66-53(74)34-9-12-38(13-10-34)63-47(70)8-6-26-76-41-17-14-39(15-18-41)64-48(71)21-24-60-49(72)27-36-28-50(73)68(4)51(36)35-7-5-23-59-31-35/h5,7,11,19,23,29,31-34,36,38-41,44-46,51H,6,8-10,12-18,20-22,24-28,30H2,1-4H3,(H,60,72)(H,63,70)(H,64,71)(H,66,74)(H,61,62,65)/t34-,36-,38+,39-,40-,41-,44+,45-,46+,51+/m1/s1. The fourth-order valence-corrected chi connectivity index (χ4v) is 12.2. The zero-order valence-electron chi connectivity index (χ0n) is 44.3. The lowest BCUT2D eigenvalue weighted by Gasteiger charge is -2.45. The molecule has 2 aromatic heterocycles. The average molecular weight is 1060 g/mol. The molecule has 5 N–H and O–H groups in total.